The van der Waals surface area contributed by atoms with Crippen molar-refractivity contribution in [1.82, 2.24) is 39.2 Å². The monoisotopic (exact) mass is 367 g/mol. The number of hydrogen-bond acceptors (Lipinski definition) is 7. The van der Waals surface area contributed by atoms with Gasteiger partial charge < -0.3 is 9.80 Å². The standard InChI is InChI=1S/C17H21N9O/c1-13-14(2)26(12-21-13)16-7-15(19-10-20-16)23-3-5-24(6-4-23)17(27)8-25-11-18-9-22-25/h7,9-12H,3-6,8H2,1-2H3. The van der Waals surface area contributed by atoms with Gasteiger partial charge in [0.25, 0.3) is 0 Å². The van der Waals surface area contributed by atoms with E-state index in [1.54, 1.807) is 23.7 Å². The van der Waals surface area contributed by atoms with Gasteiger partial charge in [-0.3, -0.25) is 9.36 Å². The molecule has 27 heavy (non-hydrogen) atoms. The number of carbonyl (C=O) groups is 1. The number of aromatic nitrogens is 7. The molecule has 10 nitrogen and oxygen atoms in total. The Morgan fingerprint density at radius 2 is 1.78 bits per heavy atom. The van der Waals surface area contributed by atoms with E-state index in [-0.39, 0.29) is 12.5 Å². The van der Waals surface area contributed by atoms with Gasteiger partial charge in [-0.25, -0.2) is 24.6 Å². The zero-order valence-electron chi connectivity index (χ0n) is 15.4. The second-order valence-corrected chi connectivity index (χ2v) is 6.48. The molecule has 0 spiro atoms. The Morgan fingerprint density at radius 3 is 2.44 bits per heavy atom. The molecule has 1 aliphatic rings. The van der Waals surface area contributed by atoms with Gasteiger partial charge in [-0.1, -0.05) is 0 Å². The number of aryl methyl sites for hydroxylation is 1. The minimum Gasteiger partial charge on any atom is -0.353 e. The van der Waals surface area contributed by atoms with E-state index in [9.17, 15) is 4.79 Å². The zero-order valence-corrected chi connectivity index (χ0v) is 15.4. The molecule has 4 rings (SSSR count). The molecule has 3 aromatic heterocycles. The summed E-state index contributed by atoms with van der Waals surface area (Å²) >= 11 is 0. The van der Waals surface area contributed by atoms with Gasteiger partial charge in [-0.05, 0) is 13.8 Å². The van der Waals surface area contributed by atoms with Gasteiger partial charge in [-0.2, -0.15) is 5.10 Å². The van der Waals surface area contributed by atoms with Crippen LogP contribution in [0.2, 0.25) is 0 Å². The molecule has 1 amide bonds. The predicted octanol–water partition coefficient (Wildman–Crippen LogP) is 0.219. The normalized spacial score (nSPS) is 14.6. The highest BCUT2D eigenvalue weighted by Crippen LogP contribution is 2.18. The largest absolute Gasteiger partial charge is 0.353 e. The molecule has 1 saturated heterocycles. The van der Waals surface area contributed by atoms with Gasteiger partial charge in [-0.15, -0.1) is 0 Å². The smallest absolute Gasteiger partial charge is 0.244 e. The fraction of sp³-hybridized carbons (Fsp3) is 0.412. The number of amides is 1. The fourth-order valence-electron chi connectivity index (χ4n) is 3.11. The van der Waals surface area contributed by atoms with Gasteiger partial charge in [0.15, 0.2) is 0 Å². The first-order valence-electron chi connectivity index (χ1n) is 8.80. The predicted molar refractivity (Wildman–Crippen MR) is 97.4 cm³/mol. The Balaban J connectivity index is 1.42. The van der Waals surface area contributed by atoms with Crippen LogP contribution in [0.1, 0.15) is 11.4 Å². The number of nitrogens with zero attached hydrogens (tertiary/aromatic N) is 9. The van der Waals surface area contributed by atoms with Crippen molar-refractivity contribution >= 4 is 11.7 Å². The lowest BCUT2D eigenvalue weighted by Gasteiger charge is -2.35. The van der Waals surface area contributed by atoms with Crippen molar-refractivity contribution in [2.75, 3.05) is 31.1 Å². The molecule has 10 heteroatoms. The van der Waals surface area contributed by atoms with Crippen molar-refractivity contribution in [3.8, 4) is 5.82 Å². The fourth-order valence-corrected chi connectivity index (χ4v) is 3.11. The van der Waals surface area contributed by atoms with Gasteiger partial charge in [0.1, 0.15) is 43.5 Å². The highest BCUT2D eigenvalue weighted by atomic mass is 16.2. The van der Waals surface area contributed by atoms with E-state index in [4.69, 9.17) is 0 Å². The van der Waals surface area contributed by atoms with E-state index in [1.165, 1.54) is 6.33 Å². The average molecular weight is 367 g/mol. The lowest BCUT2D eigenvalue weighted by molar-refractivity contribution is -0.132. The summed E-state index contributed by atoms with van der Waals surface area (Å²) in [5.74, 6) is 1.70. The van der Waals surface area contributed by atoms with Crippen LogP contribution in [-0.2, 0) is 11.3 Å². The molecule has 1 fully saturated rings. The van der Waals surface area contributed by atoms with Crippen LogP contribution in [0.5, 0.6) is 0 Å². The quantitative estimate of drug-likeness (QED) is 0.650. The summed E-state index contributed by atoms with van der Waals surface area (Å²) in [6.45, 7) is 6.96. The number of piperazine rings is 1. The topological polar surface area (TPSA) is 97.9 Å². The van der Waals surface area contributed by atoms with E-state index >= 15 is 0 Å². The third-order valence-electron chi connectivity index (χ3n) is 4.86. The minimum atomic E-state index is 0.0491. The SMILES string of the molecule is Cc1ncn(-c2cc(N3CCN(C(=O)Cn4cncn4)CC3)ncn2)c1C. The number of imidazole rings is 1. The molecular formula is C17H21N9O. The lowest BCUT2D eigenvalue weighted by Crippen LogP contribution is -2.49. The molecule has 0 radical (unpaired) electrons. The van der Waals surface area contributed by atoms with E-state index in [0.717, 1.165) is 36.1 Å². The highest BCUT2D eigenvalue weighted by Gasteiger charge is 2.22. The van der Waals surface area contributed by atoms with Crippen molar-refractivity contribution in [3.05, 3.63) is 42.8 Å². The zero-order chi connectivity index (χ0) is 18.8. The lowest BCUT2D eigenvalue weighted by atomic mass is 10.3. The second-order valence-electron chi connectivity index (χ2n) is 6.48. The molecule has 3 aromatic rings. The van der Waals surface area contributed by atoms with Crippen molar-refractivity contribution in [1.29, 1.82) is 0 Å². The Hall–Kier alpha value is -3.30. The molecule has 0 atom stereocenters. The Bertz CT molecular complexity index is 926. The van der Waals surface area contributed by atoms with Gasteiger partial charge in [0, 0.05) is 37.9 Å². The third-order valence-corrected chi connectivity index (χ3v) is 4.86. The molecule has 1 aliphatic heterocycles. The van der Waals surface area contributed by atoms with E-state index in [1.807, 2.05) is 29.4 Å². The Labute approximate surface area is 156 Å². The van der Waals surface area contributed by atoms with Gasteiger partial charge >= 0.3 is 0 Å². The maximum atomic E-state index is 12.4. The average Bonchev–Trinajstić information content (AvgIpc) is 3.32. The van der Waals surface area contributed by atoms with E-state index in [0.29, 0.717) is 13.1 Å². The van der Waals surface area contributed by atoms with Crippen LogP contribution >= 0.6 is 0 Å². The molecule has 0 bridgehead atoms. The molecule has 0 saturated carbocycles. The van der Waals surface area contributed by atoms with Crippen molar-refractivity contribution in [3.63, 3.8) is 0 Å². The summed E-state index contributed by atoms with van der Waals surface area (Å²) < 4.78 is 3.50. The van der Waals surface area contributed by atoms with Crippen LogP contribution in [0.25, 0.3) is 5.82 Å². The van der Waals surface area contributed by atoms with Crippen LogP contribution in [0.4, 0.5) is 5.82 Å². The Morgan fingerprint density at radius 1 is 1.00 bits per heavy atom. The van der Waals surface area contributed by atoms with Gasteiger partial charge in [0.05, 0.1) is 5.69 Å². The molecule has 140 valence electrons. The number of carbonyl (C=O) groups excluding carboxylic acids is 1. The third kappa shape index (κ3) is 3.50. The molecular weight excluding hydrogens is 346 g/mol. The summed E-state index contributed by atoms with van der Waals surface area (Å²) in [5, 5.41) is 3.98. The number of anilines is 1. The molecule has 0 aliphatic carbocycles. The van der Waals surface area contributed by atoms with Crippen LogP contribution in [-0.4, -0.2) is 71.3 Å². The van der Waals surface area contributed by atoms with Crippen LogP contribution in [0.15, 0.2) is 31.4 Å². The van der Waals surface area contributed by atoms with Crippen molar-refractivity contribution in [2.45, 2.75) is 20.4 Å². The van der Waals surface area contributed by atoms with E-state index < -0.39 is 0 Å². The first kappa shape index (κ1) is 17.1. The first-order valence-corrected chi connectivity index (χ1v) is 8.80. The van der Waals surface area contributed by atoms with Crippen LogP contribution in [0, 0.1) is 13.8 Å². The maximum Gasteiger partial charge on any atom is 0.244 e. The van der Waals surface area contributed by atoms with Crippen LogP contribution < -0.4 is 4.90 Å². The number of rotatable bonds is 4. The van der Waals surface area contributed by atoms with Crippen LogP contribution in [0.3, 0.4) is 0 Å². The summed E-state index contributed by atoms with van der Waals surface area (Å²) in [6, 6.07) is 1.96. The van der Waals surface area contributed by atoms with Gasteiger partial charge in [0.2, 0.25) is 5.91 Å². The molecule has 0 unspecified atom stereocenters. The number of hydrogen-bond donors (Lipinski definition) is 0. The summed E-state index contributed by atoms with van der Waals surface area (Å²) in [6.07, 6.45) is 6.33. The second kappa shape index (κ2) is 7.14. The molecule has 4 heterocycles. The summed E-state index contributed by atoms with van der Waals surface area (Å²) in [7, 11) is 0. The molecule has 0 N–H and O–H groups in total. The molecule has 0 aromatic carbocycles. The Kier molecular flexibility index (Phi) is 4.53. The first-order chi connectivity index (χ1) is 13.1. The van der Waals surface area contributed by atoms with E-state index in [2.05, 4.69) is 29.9 Å². The maximum absolute atomic E-state index is 12.4. The minimum absolute atomic E-state index is 0.0491. The summed E-state index contributed by atoms with van der Waals surface area (Å²) in [4.78, 5) is 33.4. The summed E-state index contributed by atoms with van der Waals surface area (Å²) in [5.41, 5.74) is 2.04. The highest BCUT2D eigenvalue weighted by molar-refractivity contribution is 5.76. The van der Waals surface area contributed by atoms with Crippen molar-refractivity contribution in [2.24, 2.45) is 0 Å². The van der Waals surface area contributed by atoms with Crippen molar-refractivity contribution < 1.29 is 4.79 Å².